The van der Waals surface area contributed by atoms with Gasteiger partial charge < -0.3 is 15.8 Å². The van der Waals surface area contributed by atoms with Gasteiger partial charge in [-0.1, -0.05) is 0 Å². The van der Waals surface area contributed by atoms with Crippen LogP contribution in [0.25, 0.3) is 0 Å². The second-order valence-corrected chi connectivity index (χ2v) is 4.66. The lowest BCUT2D eigenvalue weighted by atomic mass is 10.2. The van der Waals surface area contributed by atoms with Gasteiger partial charge in [-0.25, -0.2) is 4.39 Å². The first-order valence-corrected chi connectivity index (χ1v) is 6.53. The van der Waals surface area contributed by atoms with Crippen LogP contribution in [0.3, 0.4) is 0 Å². The van der Waals surface area contributed by atoms with Gasteiger partial charge in [-0.05, 0) is 28.8 Å². The lowest BCUT2D eigenvalue weighted by molar-refractivity contribution is 0.387. The molecule has 18 heavy (non-hydrogen) atoms. The molecule has 3 N–H and O–H groups in total. The Morgan fingerprint density at radius 2 is 2.28 bits per heavy atom. The zero-order chi connectivity index (χ0) is 13.0. The van der Waals surface area contributed by atoms with E-state index in [1.807, 2.05) is 5.38 Å². The quantitative estimate of drug-likeness (QED) is 0.817. The molecule has 0 amide bonds. The van der Waals surface area contributed by atoms with Crippen molar-refractivity contribution < 1.29 is 9.13 Å². The average molecular weight is 266 g/mol. The highest BCUT2D eigenvalue weighted by Gasteiger charge is 2.07. The summed E-state index contributed by atoms with van der Waals surface area (Å²) in [5.74, 6) is -0.249. The highest BCUT2D eigenvalue weighted by Crippen LogP contribution is 2.27. The summed E-state index contributed by atoms with van der Waals surface area (Å²) in [6.45, 7) is 0.746. The molecule has 0 saturated heterocycles. The molecule has 0 aliphatic heterocycles. The summed E-state index contributed by atoms with van der Waals surface area (Å²) < 4.78 is 18.3. The summed E-state index contributed by atoms with van der Waals surface area (Å²) in [6, 6.07) is 4.94. The lowest BCUT2D eigenvalue weighted by Crippen LogP contribution is -2.07. The van der Waals surface area contributed by atoms with Gasteiger partial charge in [0.15, 0.2) is 11.6 Å². The number of halogens is 1. The van der Waals surface area contributed by atoms with Crippen LogP contribution in [0.4, 0.5) is 15.8 Å². The predicted molar refractivity (Wildman–Crippen MR) is 73.9 cm³/mol. The van der Waals surface area contributed by atoms with Gasteiger partial charge in [0, 0.05) is 18.7 Å². The maximum Gasteiger partial charge on any atom is 0.167 e. The Morgan fingerprint density at radius 1 is 1.44 bits per heavy atom. The van der Waals surface area contributed by atoms with Crippen molar-refractivity contribution >= 4 is 22.7 Å². The molecule has 1 heterocycles. The molecular weight excluding hydrogens is 251 g/mol. The molecule has 0 spiro atoms. The fraction of sp³-hybridized carbons (Fsp3) is 0.231. The molecule has 0 fully saturated rings. The van der Waals surface area contributed by atoms with Gasteiger partial charge in [0.25, 0.3) is 0 Å². The Kier molecular flexibility index (Phi) is 4.04. The Morgan fingerprint density at radius 3 is 2.94 bits per heavy atom. The van der Waals surface area contributed by atoms with Crippen molar-refractivity contribution in [2.75, 3.05) is 24.7 Å². The molecule has 3 nitrogen and oxygen atoms in total. The van der Waals surface area contributed by atoms with Gasteiger partial charge in [0.1, 0.15) is 0 Å². The summed E-state index contributed by atoms with van der Waals surface area (Å²) in [6.07, 6.45) is 0.905. The highest BCUT2D eigenvalue weighted by atomic mass is 32.1. The lowest BCUT2D eigenvalue weighted by Gasteiger charge is -2.11. The van der Waals surface area contributed by atoms with E-state index in [0.29, 0.717) is 11.4 Å². The Bertz CT molecular complexity index is 514. The molecule has 2 aromatic rings. The van der Waals surface area contributed by atoms with Gasteiger partial charge in [-0.15, -0.1) is 0 Å². The molecule has 0 atom stereocenters. The van der Waals surface area contributed by atoms with Gasteiger partial charge in [-0.2, -0.15) is 11.3 Å². The first-order chi connectivity index (χ1) is 8.70. The first-order valence-electron chi connectivity index (χ1n) is 5.58. The molecule has 0 aliphatic rings. The maximum absolute atomic E-state index is 13.3. The van der Waals surface area contributed by atoms with E-state index in [2.05, 4.69) is 16.8 Å². The summed E-state index contributed by atoms with van der Waals surface area (Å²) in [7, 11) is 1.43. The maximum atomic E-state index is 13.3. The summed E-state index contributed by atoms with van der Waals surface area (Å²) >= 11 is 1.67. The number of nitrogens with one attached hydrogen (secondary N) is 1. The number of ether oxygens (including phenoxy) is 1. The third-order valence-corrected chi connectivity index (χ3v) is 3.37. The van der Waals surface area contributed by atoms with E-state index in [-0.39, 0.29) is 5.75 Å². The molecule has 0 aliphatic carbocycles. The Hall–Kier alpha value is -1.75. The molecule has 2 rings (SSSR count). The minimum Gasteiger partial charge on any atom is -0.494 e. The normalized spacial score (nSPS) is 10.3. The zero-order valence-corrected chi connectivity index (χ0v) is 10.9. The average Bonchev–Trinajstić information content (AvgIpc) is 2.85. The Labute approximate surface area is 109 Å². The molecule has 1 aromatic heterocycles. The van der Waals surface area contributed by atoms with E-state index in [1.165, 1.54) is 18.7 Å². The Balaban J connectivity index is 2.00. The van der Waals surface area contributed by atoms with Crippen LogP contribution in [0.5, 0.6) is 5.75 Å². The van der Waals surface area contributed by atoms with E-state index < -0.39 is 5.82 Å². The number of anilines is 2. The van der Waals surface area contributed by atoms with Crippen LogP contribution in [0.2, 0.25) is 0 Å². The van der Waals surface area contributed by atoms with Crippen molar-refractivity contribution in [2.45, 2.75) is 6.42 Å². The van der Waals surface area contributed by atoms with E-state index in [9.17, 15) is 4.39 Å². The van der Waals surface area contributed by atoms with E-state index in [0.717, 1.165) is 13.0 Å². The third-order valence-electron chi connectivity index (χ3n) is 2.63. The van der Waals surface area contributed by atoms with E-state index in [1.54, 1.807) is 17.4 Å². The number of nitrogen functional groups attached to an aromatic ring is 1. The van der Waals surface area contributed by atoms with Gasteiger partial charge in [-0.3, -0.25) is 0 Å². The second-order valence-electron chi connectivity index (χ2n) is 3.88. The van der Waals surface area contributed by atoms with E-state index >= 15 is 0 Å². The summed E-state index contributed by atoms with van der Waals surface area (Å²) in [4.78, 5) is 0. The van der Waals surface area contributed by atoms with Crippen molar-refractivity contribution in [2.24, 2.45) is 0 Å². The number of hydrogen-bond acceptors (Lipinski definition) is 4. The second kappa shape index (κ2) is 5.73. The smallest absolute Gasteiger partial charge is 0.167 e. The van der Waals surface area contributed by atoms with Crippen LogP contribution < -0.4 is 15.8 Å². The van der Waals surface area contributed by atoms with Crippen molar-refractivity contribution in [1.82, 2.24) is 0 Å². The SMILES string of the molecule is COc1cc(NCCc2ccsc2)c(N)cc1F. The van der Waals surface area contributed by atoms with Crippen LogP contribution >= 0.6 is 11.3 Å². The number of benzene rings is 1. The zero-order valence-electron chi connectivity index (χ0n) is 10.1. The molecule has 5 heteroatoms. The van der Waals surface area contributed by atoms with Crippen LogP contribution in [0.1, 0.15) is 5.56 Å². The predicted octanol–water partition coefficient (Wildman–Crippen LogP) is 3.13. The molecule has 0 saturated carbocycles. The summed E-state index contributed by atoms with van der Waals surface area (Å²) in [5, 5.41) is 7.34. The number of rotatable bonds is 5. The molecule has 0 unspecified atom stereocenters. The van der Waals surface area contributed by atoms with Gasteiger partial charge in [0.05, 0.1) is 18.5 Å². The fourth-order valence-electron chi connectivity index (χ4n) is 1.65. The van der Waals surface area contributed by atoms with Crippen LogP contribution in [-0.4, -0.2) is 13.7 Å². The van der Waals surface area contributed by atoms with Crippen molar-refractivity contribution in [3.8, 4) is 5.75 Å². The largest absolute Gasteiger partial charge is 0.494 e. The molecule has 0 radical (unpaired) electrons. The van der Waals surface area contributed by atoms with Gasteiger partial charge in [0.2, 0.25) is 0 Å². The summed E-state index contributed by atoms with van der Waals surface area (Å²) in [5.41, 5.74) is 8.11. The molecule has 0 bridgehead atoms. The van der Waals surface area contributed by atoms with Crippen molar-refractivity contribution in [3.05, 3.63) is 40.3 Å². The topological polar surface area (TPSA) is 47.3 Å². The monoisotopic (exact) mass is 266 g/mol. The molecule has 1 aromatic carbocycles. The van der Waals surface area contributed by atoms with Gasteiger partial charge >= 0.3 is 0 Å². The molecule has 96 valence electrons. The van der Waals surface area contributed by atoms with Crippen LogP contribution in [-0.2, 0) is 6.42 Å². The fourth-order valence-corrected chi connectivity index (χ4v) is 2.36. The third kappa shape index (κ3) is 2.92. The molecular formula is C13H15FN2OS. The standard InChI is InChI=1S/C13H15FN2OS/c1-17-13-7-12(11(15)6-10(13)14)16-4-2-9-3-5-18-8-9/h3,5-8,16H,2,4,15H2,1H3. The highest BCUT2D eigenvalue weighted by molar-refractivity contribution is 7.07. The van der Waals surface area contributed by atoms with Crippen molar-refractivity contribution in [1.29, 1.82) is 0 Å². The van der Waals surface area contributed by atoms with Crippen molar-refractivity contribution in [3.63, 3.8) is 0 Å². The minimum atomic E-state index is -0.446. The number of thiophene rings is 1. The minimum absolute atomic E-state index is 0.197. The van der Waals surface area contributed by atoms with Crippen LogP contribution in [0.15, 0.2) is 29.0 Å². The number of methoxy groups -OCH3 is 1. The number of nitrogens with two attached hydrogens (primary N) is 1. The van der Waals surface area contributed by atoms with E-state index in [4.69, 9.17) is 10.5 Å². The number of hydrogen-bond donors (Lipinski definition) is 2. The first kappa shape index (κ1) is 12.7. The van der Waals surface area contributed by atoms with Crippen LogP contribution in [0, 0.1) is 5.82 Å².